The summed E-state index contributed by atoms with van der Waals surface area (Å²) in [4.78, 5) is 22.3. The fraction of sp³-hybridized carbons (Fsp3) is 0.391. The number of hydrogen-bond acceptors (Lipinski definition) is 6. The monoisotopic (exact) mass is 463 g/mol. The van der Waals surface area contributed by atoms with Crippen molar-refractivity contribution >= 4 is 45.0 Å². The van der Waals surface area contributed by atoms with Gasteiger partial charge in [-0.2, -0.15) is 0 Å². The topological polar surface area (TPSA) is 54.9 Å². The van der Waals surface area contributed by atoms with Gasteiger partial charge >= 0.3 is 0 Å². The Morgan fingerprint density at radius 2 is 1.74 bits per heavy atom. The van der Waals surface area contributed by atoms with Gasteiger partial charge in [-0.15, -0.1) is 12.4 Å². The number of carbonyl (C=O) groups excluding carboxylic acids is 1. The molecule has 168 valence electrons. The predicted molar refractivity (Wildman–Crippen MR) is 130 cm³/mol. The van der Waals surface area contributed by atoms with Crippen LogP contribution in [0.1, 0.15) is 31.1 Å². The van der Waals surface area contributed by atoms with Crippen LogP contribution in [0.5, 0.6) is 11.5 Å². The third-order valence-corrected chi connectivity index (χ3v) is 6.06. The molecule has 0 fully saturated rings. The second-order valence-electron chi connectivity index (χ2n) is 6.74. The minimum atomic E-state index is -0.0665. The zero-order valence-electron chi connectivity index (χ0n) is 18.5. The van der Waals surface area contributed by atoms with Gasteiger partial charge in [-0.05, 0) is 56.4 Å². The largest absolute Gasteiger partial charge is 0.494 e. The Morgan fingerprint density at radius 1 is 1.03 bits per heavy atom. The van der Waals surface area contributed by atoms with Crippen LogP contribution in [0.15, 0.2) is 42.5 Å². The molecule has 1 aromatic heterocycles. The van der Waals surface area contributed by atoms with Crippen LogP contribution in [0.2, 0.25) is 0 Å². The van der Waals surface area contributed by atoms with Crippen molar-refractivity contribution in [2.75, 3.05) is 44.8 Å². The third-order valence-electron chi connectivity index (χ3n) is 5.01. The first kappa shape index (κ1) is 24.9. The van der Waals surface area contributed by atoms with E-state index in [0.717, 1.165) is 35.6 Å². The van der Waals surface area contributed by atoms with Crippen LogP contribution in [-0.2, 0) is 0 Å². The van der Waals surface area contributed by atoms with Crippen LogP contribution in [0.3, 0.4) is 0 Å². The summed E-state index contributed by atoms with van der Waals surface area (Å²) in [6.07, 6.45) is 0. The summed E-state index contributed by atoms with van der Waals surface area (Å²) in [5.41, 5.74) is 1.40. The van der Waals surface area contributed by atoms with Gasteiger partial charge in [0.1, 0.15) is 17.0 Å². The summed E-state index contributed by atoms with van der Waals surface area (Å²) in [6, 6.07) is 13.1. The number of ether oxygens (including phenoxy) is 2. The molecule has 0 atom stereocenters. The minimum absolute atomic E-state index is 0. The number of methoxy groups -OCH3 is 1. The van der Waals surface area contributed by atoms with E-state index in [-0.39, 0.29) is 18.3 Å². The molecular formula is C23H30ClN3O3S. The van der Waals surface area contributed by atoms with Gasteiger partial charge in [-0.1, -0.05) is 31.3 Å². The number of hydrogen-bond donors (Lipinski definition) is 0. The standard InChI is InChI=1S/C23H29N3O3S.ClH/c1-5-25(6-2)15-16-26(22(27)17-11-13-18(14-12-17)29-7-3)23-24-21-19(28-4)9-8-10-20(21)30-23;/h8-14H,5-7,15-16H2,1-4H3;1H. The van der Waals surface area contributed by atoms with E-state index in [2.05, 4.69) is 18.7 Å². The zero-order chi connectivity index (χ0) is 21.5. The molecule has 1 heterocycles. The van der Waals surface area contributed by atoms with Crippen molar-refractivity contribution in [1.29, 1.82) is 0 Å². The highest BCUT2D eigenvalue weighted by molar-refractivity contribution is 7.22. The number of halogens is 1. The van der Waals surface area contributed by atoms with Crippen molar-refractivity contribution in [2.45, 2.75) is 20.8 Å². The fourth-order valence-electron chi connectivity index (χ4n) is 3.27. The first-order chi connectivity index (χ1) is 14.6. The maximum Gasteiger partial charge on any atom is 0.260 e. The van der Waals surface area contributed by atoms with Gasteiger partial charge in [0, 0.05) is 18.7 Å². The molecule has 0 N–H and O–H groups in total. The maximum atomic E-state index is 13.4. The first-order valence-corrected chi connectivity index (χ1v) is 11.1. The lowest BCUT2D eigenvalue weighted by Crippen LogP contribution is -2.38. The number of para-hydroxylation sites is 1. The highest BCUT2D eigenvalue weighted by Crippen LogP contribution is 2.34. The normalized spacial score (nSPS) is 10.7. The summed E-state index contributed by atoms with van der Waals surface area (Å²) in [5.74, 6) is 1.41. The Kier molecular flexibility index (Phi) is 9.55. The van der Waals surface area contributed by atoms with E-state index >= 15 is 0 Å². The van der Waals surface area contributed by atoms with Crippen LogP contribution >= 0.6 is 23.7 Å². The lowest BCUT2D eigenvalue weighted by molar-refractivity contribution is 0.0983. The number of carbonyl (C=O) groups is 1. The molecule has 3 aromatic rings. The molecule has 0 aliphatic carbocycles. The fourth-order valence-corrected chi connectivity index (χ4v) is 4.28. The van der Waals surface area contributed by atoms with Crippen LogP contribution in [0.4, 0.5) is 5.13 Å². The number of rotatable bonds is 10. The SMILES string of the molecule is CCOc1ccc(C(=O)N(CCN(CC)CC)c2nc3c(OC)cccc3s2)cc1.Cl. The zero-order valence-corrected chi connectivity index (χ0v) is 20.1. The van der Waals surface area contributed by atoms with Gasteiger partial charge in [0.25, 0.3) is 5.91 Å². The second-order valence-corrected chi connectivity index (χ2v) is 7.75. The molecule has 0 bridgehead atoms. The number of thiazole rings is 1. The number of amides is 1. The predicted octanol–water partition coefficient (Wildman–Crippen LogP) is 5.11. The molecule has 8 heteroatoms. The van der Waals surface area contributed by atoms with Crippen LogP contribution in [-0.4, -0.2) is 55.7 Å². The lowest BCUT2D eigenvalue weighted by atomic mass is 10.2. The first-order valence-electron chi connectivity index (χ1n) is 10.3. The van der Waals surface area contributed by atoms with E-state index in [4.69, 9.17) is 14.5 Å². The highest BCUT2D eigenvalue weighted by Gasteiger charge is 2.23. The van der Waals surface area contributed by atoms with Crippen molar-refractivity contribution in [1.82, 2.24) is 9.88 Å². The lowest BCUT2D eigenvalue weighted by Gasteiger charge is -2.24. The number of benzene rings is 2. The van der Waals surface area contributed by atoms with Crippen molar-refractivity contribution in [2.24, 2.45) is 0 Å². The number of likely N-dealkylation sites (N-methyl/N-ethyl adjacent to an activating group) is 1. The number of nitrogens with zero attached hydrogens (tertiary/aromatic N) is 3. The molecule has 3 rings (SSSR count). The molecule has 0 radical (unpaired) electrons. The van der Waals surface area contributed by atoms with E-state index in [1.54, 1.807) is 12.0 Å². The Hall–Kier alpha value is -2.35. The molecule has 0 saturated heterocycles. The Bertz CT molecular complexity index is 974. The van der Waals surface area contributed by atoms with Crippen molar-refractivity contribution in [3.63, 3.8) is 0 Å². The Labute approximate surface area is 194 Å². The van der Waals surface area contributed by atoms with Crippen LogP contribution < -0.4 is 14.4 Å². The van der Waals surface area contributed by atoms with E-state index in [1.807, 2.05) is 49.4 Å². The van der Waals surface area contributed by atoms with E-state index in [0.29, 0.717) is 29.6 Å². The van der Waals surface area contributed by atoms with Crippen molar-refractivity contribution < 1.29 is 14.3 Å². The molecule has 2 aromatic carbocycles. The van der Waals surface area contributed by atoms with Gasteiger partial charge in [-0.3, -0.25) is 9.69 Å². The summed E-state index contributed by atoms with van der Waals surface area (Å²) in [6.45, 7) is 10.0. The molecule has 0 aliphatic rings. The molecule has 0 spiro atoms. The molecule has 31 heavy (non-hydrogen) atoms. The van der Waals surface area contributed by atoms with Gasteiger partial charge in [-0.25, -0.2) is 4.98 Å². The number of anilines is 1. The summed E-state index contributed by atoms with van der Waals surface area (Å²) in [7, 11) is 1.64. The number of fused-ring (bicyclic) bond motifs is 1. The average Bonchev–Trinajstić information content (AvgIpc) is 3.21. The van der Waals surface area contributed by atoms with E-state index in [9.17, 15) is 4.79 Å². The van der Waals surface area contributed by atoms with Gasteiger partial charge in [0.05, 0.1) is 18.4 Å². The summed E-state index contributed by atoms with van der Waals surface area (Å²) in [5, 5.41) is 0.681. The minimum Gasteiger partial charge on any atom is -0.494 e. The third kappa shape index (κ3) is 5.87. The van der Waals surface area contributed by atoms with Crippen LogP contribution in [0, 0.1) is 0 Å². The quantitative estimate of drug-likeness (QED) is 0.418. The van der Waals surface area contributed by atoms with Crippen molar-refractivity contribution in [3.8, 4) is 11.5 Å². The maximum absolute atomic E-state index is 13.4. The molecule has 1 amide bonds. The second kappa shape index (κ2) is 11.9. The molecule has 0 unspecified atom stereocenters. The van der Waals surface area contributed by atoms with Crippen LogP contribution in [0.25, 0.3) is 10.2 Å². The number of aromatic nitrogens is 1. The molecule has 6 nitrogen and oxygen atoms in total. The van der Waals surface area contributed by atoms with Gasteiger partial charge in [0.2, 0.25) is 0 Å². The Balaban J connectivity index is 0.00000341. The van der Waals surface area contributed by atoms with Crippen molar-refractivity contribution in [3.05, 3.63) is 48.0 Å². The summed E-state index contributed by atoms with van der Waals surface area (Å²) >= 11 is 1.51. The molecule has 0 aliphatic heterocycles. The highest BCUT2D eigenvalue weighted by atomic mass is 35.5. The molecule has 0 saturated carbocycles. The average molecular weight is 464 g/mol. The van der Waals surface area contributed by atoms with Gasteiger partial charge < -0.3 is 14.4 Å². The van der Waals surface area contributed by atoms with Gasteiger partial charge in [0.15, 0.2) is 5.13 Å². The van der Waals surface area contributed by atoms with E-state index in [1.165, 1.54) is 11.3 Å². The summed E-state index contributed by atoms with van der Waals surface area (Å²) < 4.78 is 12.0. The van der Waals surface area contributed by atoms with E-state index < -0.39 is 0 Å². The molecular weight excluding hydrogens is 434 g/mol. The smallest absolute Gasteiger partial charge is 0.260 e. The Morgan fingerprint density at radius 3 is 2.35 bits per heavy atom.